The highest BCUT2D eigenvalue weighted by atomic mass is 14.6. The number of nitrogens with two attached hydrogens (primary N) is 2. The van der Waals surface area contributed by atoms with Gasteiger partial charge in [0.15, 0.2) is 0 Å². The molecule has 0 saturated carbocycles. The standard InChI is InChI=1S/C49H70N2/c1-3-5-7-18-22-46-38-44(32-34-48(46)50)36-42-28-24-40(25-29-42)20-16-14-12-10-9-11-13-15-17-21-41-26-30-43(31-27-41)37-45-33-35-49(51)47(39-45)23-19-8-6-4-2/h24-35,38-39H,3-23,36-37,50-51H2,1-2H3. The van der Waals surface area contributed by atoms with Crippen molar-refractivity contribution in [2.75, 3.05) is 11.5 Å². The molecule has 0 saturated heterocycles. The van der Waals surface area contributed by atoms with Gasteiger partial charge in [-0.25, -0.2) is 0 Å². The van der Waals surface area contributed by atoms with Crippen LogP contribution >= 0.6 is 0 Å². The van der Waals surface area contributed by atoms with Crippen LogP contribution in [0.5, 0.6) is 0 Å². The maximum atomic E-state index is 6.28. The van der Waals surface area contributed by atoms with Crippen LogP contribution in [0, 0.1) is 0 Å². The minimum absolute atomic E-state index is 0.951. The van der Waals surface area contributed by atoms with Crippen LogP contribution < -0.4 is 11.5 Å². The molecule has 0 radical (unpaired) electrons. The summed E-state index contributed by atoms with van der Waals surface area (Å²) in [6.07, 6.45) is 29.0. The number of hydrogen-bond acceptors (Lipinski definition) is 2. The highest BCUT2D eigenvalue weighted by molar-refractivity contribution is 5.50. The van der Waals surface area contributed by atoms with Crippen molar-refractivity contribution in [3.8, 4) is 0 Å². The highest BCUT2D eigenvalue weighted by Gasteiger charge is 2.06. The molecular formula is C49H70N2. The average molecular weight is 687 g/mol. The molecule has 0 fully saturated rings. The molecule has 0 atom stereocenters. The number of anilines is 2. The molecular weight excluding hydrogens is 617 g/mol. The van der Waals surface area contributed by atoms with E-state index in [1.54, 1.807) is 0 Å². The van der Waals surface area contributed by atoms with Crippen LogP contribution in [-0.2, 0) is 38.5 Å². The van der Waals surface area contributed by atoms with Crippen LogP contribution in [0.1, 0.15) is 168 Å². The Morgan fingerprint density at radius 3 is 0.980 bits per heavy atom. The van der Waals surface area contributed by atoms with Crippen molar-refractivity contribution in [1.82, 2.24) is 0 Å². The Morgan fingerprint density at radius 1 is 0.314 bits per heavy atom. The van der Waals surface area contributed by atoms with E-state index in [0.29, 0.717) is 0 Å². The first-order valence-electron chi connectivity index (χ1n) is 20.9. The van der Waals surface area contributed by atoms with Gasteiger partial charge in [0.1, 0.15) is 0 Å². The Balaban J connectivity index is 1.01. The third-order valence-corrected chi connectivity index (χ3v) is 10.8. The Morgan fingerprint density at radius 2 is 0.608 bits per heavy atom. The third-order valence-electron chi connectivity index (χ3n) is 10.8. The number of unbranched alkanes of at least 4 members (excludes halogenated alkanes) is 14. The molecule has 4 N–H and O–H groups in total. The maximum absolute atomic E-state index is 6.28. The van der Waals surface area contributed by atoms with Crippen molar-refractivity contribution in [1.29, 1.82) is 0 Å². The lowest BCUT2D eigenvalue weighted by Gasteiger charge is -2.10. The third kappa shape index (κ3) is 15.7. The van der Waals surface area contributed by atoms with Crippen molar-refractivity contribution in [3.63, 3.8) is 0 Å². The number of nitrogen functional groups attached to an aromatic ring is 2. The number of benzene rings is 4. The van der Waals surface area contributed by atoms with Gasteiger partial charge >= 0.3 is 0 Å². The van der Waals surface area contributed by atoms with Gasteiger partial charge in [-0.1, -0.05) is 170 Å². The number of hydrogen-bond donors (Lipinski definition) is 2. The van der Waals surface area contributed by atoms with E-state index in [9.17, 15) is 0 Å². The summed E-state index contributed by atoms with van der Waals surface area (Å²) in [4.78, 5) is 0. The zero-order chi connectivity index (χ0) is 35.9. The lowest BCUT2D eigenvalue weighted by Crippen LogP contribution is -1.98. The average Bonchev–Trinajstić information content (AvgIpc) is 3.14. The first-order valence-corrected chi connectivity index (χ1v) is 20.9. The number of aryl methyl sites for hydroxylation is 4. The second kappa shape index (κ2) is 23.9. The quantitative estimate of drug-likeness (QED) is 0.0510. The van der Waals surface area contributed by atoms with Crippen LogP contribution in [0.3, 0.4) is 0 Å². The van der Waals surface area contributed by atoms with E-state index in [4.69, 9.17) is 11.5 Å². The Labute approximate surface area is 312 Å². The zero-order valence-electron chi connectivity index (χ0n) is 32.5. The van der Waals surface area contributed by atoms with Gasteiger partial charge in [-0.3, -0.25) is 0 Å². The summed E-state index contributed by atoms with van der Waals surface area (Å²) < 4.78 is 0. The first-order chi connectivity index (χ1) is 25.0. The lowest BCUT2D eigenvalue weighted by molar-refractivity contribution is 0.558. The van der Waals surface area contributed by atoms with E-state index >= 15 is 0 Å². The van der Waals surface area contributed by atoms with E-state index in [2.05, 4.69) is 98.8 Å². The van der Waals surface area contributed by atoms with E-state index < -0.39 is 0 Å². The van der Waals surface area contributed by atoms with Crippen LogP contribution in [0.4, 0.5) is 11.4 Å². The first kappa shape index (κ1) is 40.3. The minimum atomic E-state index is 0.951. The molecule has 4 aromatic rings. The predicted octanol–water partition coefficient (Wildman–Crippen LogP) is 13.6. The van der Waals surface area contributed by atoms with Gasteiger partial charge in [-0.2, -0.15) is 0 Å². The van der Waals surface area contributed by atoms with Gasteiger partial charge < -0.3 is 11.5 Å². The molecule has 0 aliphatic carbocycles. The molecule has 276 valence electrons. The summed E-state index contributed by atoms with van der Waals surface area (Å²) in [6.45, 7) is 4.53. The Bertz CT molecular complexity index is 1390. The van der Waals surface area contributed by atoms with Crippen LogP contribution in [0.15, 0.2) is 84.9 Å². The van der Waals surface area contributed by atoms with E-state index in [0.717, 1.165) is 37.1 Å². The predicted molar refractivity (Wildman–Crippen MR) is 225 cm³/mol. The monoisotopic (exact) mass is 687 g/mol. The normalized spacial score (nSPS) is 11.3. The zero-order valence-corrected chi connectivity index (χ0v) is 32.5. The summed E-state index contributed by atoms with van der Waals surface area (Å²) >= 11 is 0. The SMILES string of the molecule is CCCCCCc1cc(Cc2ccc(CCCCCCCCCCCc3ccc(Cc4ccc(N)c(CCCCCC)c4)cc3)cc2)ccc1N. The highest BCUT2D eigenvalue weighted by Crippen LogP contribution is 2.22. The van der Waals surface area contributed by atoms with Crippen LogP contribution in [0.25, 0.3) is 0 Å². The van der Waals surface area contributed by atoms with Gasteiger partial charge in [-0.05, 0) is 121 Å². The fourth-order valence-corrected chi connectivity index (χ4v) is 7.47. The molecule has 4 aromatic carbocycles. The molecule has 2 heteroatoms. The largest absolute Gasteiger partial charge is 0.399 e. The molecule has 0 aliphatic rings. The molecule has 0 bridgehead atoms. The summed E-state index contributed by atoms with van der Waals surface area (Å²) in [5.74, 6) is 0. The lowest BCUT2D eigenvalue weighted by atomic mass is 9.97. The van der Waals surface area contributed by atoms with E-state index in [1.165, 1.54) is 167 Å². The molecule has 0 spiro atoms. The van der Waals surface area contributed by atoms with Crippen molar-refractivity contribution >= 4 is 11.4 Å². The van der Waals surface area contributed by atoms with Crippen molar-refractivity contribution < 1.29 is 0 Å². The van der Waals surface area contributed by atoms with Gasteiger partial charge in [0.25, 0.3) is 0 Å². The van der Waals surface area contributed by atoms with Gasteiger partial charge in [-0.15, -0.1) is 0 Å². The Hall–Kier alpha value is -3.52. The fourth-order valence-electron chi connectivity index (χ4n) is 7.47. The summed E-state index contributed by atoms with van der Waals surface area (Å²) in [5.41, 5.74) is 25.6. The second-order valence-corrected chi connectivity index (χ2v) is 15.4. The van der Waals surface area contributed by atoms with E-state index in [1.807, 2.05) is 0 Å². The summed E-state index contributed by atoms with van der Waals surface area (Å²) in [5, 5.41) is 0. The maximum Gasteiger partial charge on any atom is 0.0346 e. The van der Waals surface area contributed by atoms with Crippen LogP contribution in [-0.4, -0.2) is 0 Å². The topological polar surface area (TPSA) is 52.0 Å². The van der Waals surface area contributed by atoms with Crippen molar-refractivity contribution in [2.24, 2.45) is 0 Å². The van der Waals surface area contributed by atoms with Crippen molar-refractivity contribution in [2.45, 2.75) is 162 Å². The Kier molecular flexibility index (Phi) is 18.8. The molecule has 51 heavy (non-hydrogen) atoms. The minimum Gasteiger partial charge on any atom is -0.399 e. The second-order valence-electron chi connectivity index (χ2n) is 15.4. The molecule has 4 rings (SSSR count). The molecule has 0 amide bonds. The molecule has 0 heterocycles. The van der Waals surface area contributed by atoms with Gasteiger partial charge in [0.05, 0.1) is 0 Å². The van der Waals surface area contributed by atoms with E-state index in [-0.39, 0.29) is 0 Å². The van der Waals surface area contributed by atoms with Gasteiger partial charge in [0, 0.05) is 11.4 Å². The fraction of sp³-hybridized carbons (Fsp3) is 0.510. The number of rotatable bonds is 26. The van der Waals surface area contributed by atoms with Crippen LogP contribution in [0.2, 0.25) is 0 Å². The molecule has 0 aromatic heterocycles. The van der Waals surface area contributed by atoms with Gasteiger partial charge in [0.2, 0.25) is 0 Å². The molecule has 2 nitrogen and oxygen atoms in total. The summed E-state index contributed by atoms with van der Waals surface area (Å²) in [7, 11) is 0. The molecule has 0 aliphatic heterocycles. The van der Waals surface area contributed by atoms with Crippen molar-refractivity contribution in [3.05, 3.63) is 129 Å². The smallest absolute Gasteiger partial charge is 0.0346 e. The molecule has 0 unspecified atom stereocenters. The summed E-state index contributed by atoms with van der Waals surface area (Å²) in [6, 6.07) is 32.0.